The molecule has 4 fully saturated rings. The van der Waals surface area contributed by atoms with Gasteiger partial charge in [0, 0.05) is 23.7 Å². The average Bonchev–Trinajstić information content (AvgIpc) is 2.72. The number of carbonyl (C=O) groups excluding carboxylic acids is 1. The molecule has 0 unspecified atom stereocenters. The number of aliphatic hydroxyl groups excluding tert-OH is 1. The minimum absolute atomic E-state index is 0.0564. The third-order valence-corrected chi connectivity index (χ3v) is 9.12. The molecule has 3 nitrogen and oxygen atoms in total. The van der Waals surface area contributed by atoms with E-state index in [1.807, 2.05) is 20.8 Å². The Labute approximate surface area is 144 Å². The largest absolute Gasteiger partial charge is 0.390 e. The van der Waals surface area contributed by atoms with Crippen molar-refractivity contribution in [3.63, 3.8) is 0 Å². The molecule has 136 valence electrons. The summed E-state index contributed by atoms with van der Waals surface area (Å²) in [6.07, 6.45) is 3.89. The van der Waals surface area contributed by atoms with Crippen LogP contribution in [-0.2, 0) is 4.79 Å². The van der Waals surface area contributed by atoms with Gasteiger partial charge in [-0.15, -0.1) is 0 Å². The quantitative estimate of drug-likeness (QED) is 0.711. The number of hydrogen-bond acceptors (Lipinski definition) is 3. The third kappa shape index (κ3) is 1.77. The average molecular weight is 338 g/mol. The summed E-state index contributed by atoms with van der Waals surface area (Å²) < 4.78 is 16.7. The third-order valence-electron chi connectivity index (χ3n) is 9.12. The number of aliphatic hydroxyl groups is 2. The Morgan fingerprint density at radius 1 is 1.04 bits per heavy atom. The van der Waals surface area contributed by atoms with E-state index in [9.17, 15) is 15.0 Å². The van der Waals surface area contributed by atoms with Gasteiger partial charge >= 0.3 is 0 Å². The van der Waals surface area contributed by atoms with Crippen LogP contribution in [0.25, 0.3) is 0 Å². The summed E-state index contributed by atoms with van der Waals surface area (Å²) >= 11 is 0. The van der Waals surface area contributed by atoms with E-state index >= 15 is 4.39 Å². The molecule has 2 N–H and O–H groups in total. The molecule has 4 aliphatic rings. The zero-order chi connectivity index (χ0) is 17.5. The topological polar surface area (TPSA) is 57.5 Å². The first kappa shape index (κ1) is 17.0. The number of carbonyl (C=O) groups is 1. The van der Waals surface area contributed by atoms with Gasteiger partial charge in [0.1, 0.15) is 11.5 Å². The first-order valence-electron chi connectivity index (χ1n) is 9.67. The van der Waals surface area contributed by atoms with Gasteiger partial charge < -0.3 is 10.2 Å². The molecular formula is C20H31FO3. The molecule has 0 spiro atoms. The van der Waals surface area contributed by atoms with Gasteiger partial charge in [0.25, 0.3) is 0 Å². The van der Waals surface area contributed by atoms with Gasteiger partial charge in [-0.3, -0.25) is 4.79 Å². The maximum atomic E-state index is 16.7. The molecule has 0 aliphatic heterocycles. The highest BCUT2D eigenvalue weighted by Gasteiger charge is 2.73. The highest BCUT2D eigenvalue weighted by Crippen LogP contribution is 2.70. The highest BCUT2D eigenvalue weighted by atomic mass is 19.1. The van der Waals surface area contributed by atoms with E-state index in [-0.39, 0.29) is 23.5 Å². The Hall–Kier alpha value is -0.480. The summed E-state index contributed by atoms with van der Waals surface area (Å²) in [4.78, 5) is 11.9. The van der Waals surface area contributed by atoms with Crippen LogP contribution in [0.2, 0.25) is 0 Å². The second-order valence-corrected chi connectivity index (χ2v) is 9.87. The lowest BCUT2D eigenvalue weighted by Crippen LogP contribution is -2.70. The van der Waals surface area contributed by atoms with Crippen molar-refractivity contribution in [1.29, 1.82) is 0 Å². The highest BCUT2D eigenvalue weighted by molar-refractivity contribution is 5.79. The van der Waals surface area contributed by atoms with Crippen molar-refractivity contribution in [2.24, 2.45) is 28.6 Å². The molecule has 0 aromatic carbocycles. The number of ketones is 1. The zero-order valence-electron chi connectivity index (χ0n) is 15.1. The number of fused-ring (bicyclic) bond motifs is 5. The van der Waals surface area contributed by atoms with Crippen LogP contribution in [0.5, 0.6) is 0 Å². The summed E-state index contributed by atoms with van der Waals surface area (Å²) in [6.45, 7) is 5.89. The van der Waals surface area contributed by atoms with Crippen LogP contribution in [0, 0.1) is 28.6 Å². The van der Waals surface area contributed by atoms with Crippen LogP contribution in [0.15, 0.2) is 0 Å². The van der Waals surface area contributed by atoms with Crippen molar-refractivity contribution < 1.29 is 19.4 Å². The smallest absolute Gasteiger partial charge is 0.145 e. The number of hydrogen-bond donors (Lipinski definition) is 2. The SMILES string of the molecule is C[C@]1(O)CC[C@@H]2[C@@H]3CC[C@H]4CC(=O)CC[C@]4(C)[C@@]3(F)[C@@H](O)C[C@@]21C. The van der Waals surface area contributed by atoms with Crippen molar-refractivity contribution in [2.45, 2.75) is 89.5 Å². The van der Waals surface area contributed by atoms with E-state index in [1.54, 1.807) is 0 Å². The predicted molar refractivity (Wildman–Crippen MR) is 89.1 cm³/mol. The second-order valence-electron chi connectivity index (χ2n) is 9.87. The summed E-state index contributed by atoms with van der Waals surface area (Å²) in [6, 6.07) is 0. The molecule has 0 aromatic heterocycles. The van der Waals surface area contributed by atoms with E-state index < -0.39 is 28.2 Å². The van der Waals surface area contributed by atoms with Crippen molar-refractivity contribution in [1.82, 2.24) is 0 Å². The zero-order valence-corrected chi connectivity index (χ0v) is 15.1. The van der Waals surface area contributed by atoms with E-state index in [1.165, 1.54) is 0 Å². The van der Waals surface area contributed by atoms with Gasteiger partial charge in [-0.05, 0) is 63.2 Å². The lowest BCUT2D eigenvalue weighted by Gasteiger charge is -2.65. The molecule has 4 aliphatic carbocycles. The maximum Gasteiger partial charge on any atom is 0.145 e. The summed E-state index contributed by atoms with van der Waals surface area (Å²) in [5.74, 6) is 0.227. The second kappa shape index (κ2) is 4.82. The molecule has 4 heteroatoms. The summed E-state index contributed by atoms with van der Waals surface area (Å²) in [7, 11) is 0. The van der Waals surface area contributed by atoms with Crippen LogP contribution >= 0.6 is 0 Å². The fourth-order valence-corrected chi connectivity index (χ4v) is 7.27. The van der Waals surface area contributed by atoms with Crippen molar-refractivity contribution in [3.8, 4) is 0 Å². The monoisotopic (exact) mass is 338 g/mol. The van der Waals surface area contributed by atoms with Gasteiger partial charge in [0.2, 0.25) is 0 Å². The fraction of sp³-hybridized carbons (Fsp3) is 0.950. The van der Waals surface area contributed by atoms with Gasteiger partial charge in [-0.1, -0.05) is 13.8 Å². The van der Waals surface area contributed by atoms with Crippen LogP contribution < -0.4 is 0 Å². The molecular weight excluding hydrogens is 307 g/mol. The van der Waals surface area contributed by atoms with Crippen LogP contribution in [0.4, 0.5) is 4.39 Å². The molecule has 0 bridgehead atoms. The maximum absolute atomic E-state index is 16.7. The van der Waals surface area contributed by atoms with Crippen LogP contribution in [0.3, 0.4) is 0 Å². The summed E-state index contributed by atoms with van der Waals surface area (Å²) in [5.41, 5.74) is -3.49. The van der Waals surface area contributed by atoms with Gasteiger partial charge in [-0.2, -0.15) is 0 Å². The number of rotatable bonds is 0. The first-order valence-corrected chi connectivity index (χ1v) is 9.67. The predicted octanol–water partition coefficient (Wildman–Crippen LogP) is 3.41. The Kier molecular flexibility index (Phi) is 3.41. The van der Waals surface area contributed by atoms with Crippen LogP contribution in [0.1, 0.15) is 72.1 Å². The van der Waals surface area contributed by atoms with Gasteiger partial charge in [-0.25, -0.2) is 4.39 Å². The van der Waals surface area contributed by atoms with E-state index in [0.29, 0.717) is 32.1 Å². The lowest BCUT2D eigenvalue weighted by molar-refractivity contribution is -0.254. The Morgan fingerprint density at radius 2 is 1.75 bits per heavy atom. The van der Waals surface area contributed by atoms with E-state index in [2.05, 4.69) is 0 Å². The molecule has 0 saturated heterocycles. The fourth-order valence-electron chi connectivity index (χ4n) is 7.27. The Morgan fingerprint density at radius 3 is 2.46 bits per heavy atom. The molecule has 0 aromatic rings. The minimum Gasteiger partial charge on any atom is -0.390 e. The first-order chi connectivity index (χ1) is 11.1. The Balaban J connectivity index is 1.77. The summed E-state index contributed by atoms with van der Waals surface area (Å²) in [5, 5.41) is 21.9. The molecule has 0 heterocycles. The standard InChI is InChI=1S/C20H31FO3/c1-17-8-6-13(22)10-12(17)4-5-15-14-7-9-19(3,24)18(14,2)11-16(23)20(15,17)21/h12,14-16,23-24H,4-11H2,1-3H3/t12-,14+,15-,16-,17-,18-,19-,20-/m0/s1. The van der Waals surface area contributed by atoms with Crippen molar-refractivity contribution in [3.05, 3.63) is 0 Å². The Bertz CT molecular complexity index is 575. The molecule has 4 rings (SSSR count). The van der Waals surface area contributed by atoms with E-state index in [4.69, 9.17) is 0 Å². The molecule has 0 amide bonds. The van der Waals surface area contributed by atoms with Crippen molar-refractivity contribution in [2.75, 3.05) is 0 Å². The lowest BCUT2D eigenvalue weighted by atomic mass is 9.42. The van der Waals surface area contributed by atoms with Gasteiger partial charge in [0.05, 0.1) is 11.7 Å². The minimum atomic E-state index is -1.62. The van der Waals surface area contributed by atoms with Crippen molar-refractivity contribution >= 4 is 5.78 Å². The molecule has 4 saturated carbocycles. The molecule has 0 radical (unpaired) electrons. The number of alkyl halides is 1. The van der Waals surface area contributed by atoms with Gasteiger partial charge in [0.15, 0.2) is 0 Å². The molecule has 8 atom stereocenters. The number of halogens is 1. The van der Waals surface area contributed by atoms with E-state index in [0.717, 1.165) is 19.3 Å². The number of Topliss-reactive ketones (excluding diaryl/α,β-unsaturated/α-hetero) is 1. The normalized spacial score (nSPS) is 60.3. The molecule has 24 heavy (non-hydrogen) atoms. The van der Waals surface area contributed by atoms with Crippen LogP contribution in [-0.4, -0.2) is 33.4 Å².